The van der Waals surface area contributed by atoms with Gasteiger partial charge < -0.3 is 10.2 Å². The molecular weight excluding hydrogens is 352 g/mol. The molecule has 1 aliphatic rings. The first-order valence-electron chi connectivity index (χ1n) is 8.21. The number of aromatic hydroxyl groups is 2. The largest absolute Gasteiger partial charge is 0.504 e. The molecule has 6 heteroatoms. The topological polar surface area (TPSA) is 73.1 Å². The number of aryl methyl sites for hydroxylation is 1. The van der Waals surface area contributed by atoms with E-state index in [4.69, 9.17) is 11.6 Å². The van der Waals surface area contributed by atoms with Gasteiger partial charge in [0.25, 0.3) is 5.91 Å². The van der Waals surface area contributed by atoms with Crippen LogP contribution in [0.25, 0.3) is 6.08 Å². The maximum Gasteiger partial charge on any atom is 0.280 e. The Morgan fingerprint density at radius 3 is 2.46 bits per heavy atom. The maximum atomic E-state index is 13.0. The van der Waals surface area contributed by atoms with E-state index in [1.54, 1.807) is 24.3 Å². The van der Waals surface area contributed by atoms with Crippen molar-refractivity contribution < 1.29 is 15.0 Å². The average Bonchev–Trinajstić information content (AvgIpc) is 2.91. The van der Waals surface area contributed by atoms with Crippen LogP contribution in [0.5, 0.6) is 11.5 Å². The Balaban J connectivity index is 2.04. The van der Waals surface area contributed by atoms with Crippen LogP contribution >= 0.6 is 11.6 Å². The molecule has 0 saturated carbocycles. The summed E-state index contributed by atoms with van der Waals surface area (Å²) in [5.41, 5.74) is 3.22. The Labute approximate surface area is 156 Å². The second kappa shape index (κ2) is 6.84. The second-order valence-corrected chi connectivity index (χ2v) is 6.90. The first-order valence-corrected chi connectivity index (χ1v) is 8.59. The normalized spacial score (nSPS) is 15.9. The summed E-state index contributed by atoms with van der Waals surface area (Å²) >= 11 is 6.18. The zero-order valence-corrected chi connectivity index (χ0v) is 15.4. The van der Waals surface area contributed by atoms with Gasteiger partial charge in [0.1, 0.15) is 0 Å². The van der Waals surface area contributed by atoms with E-state index in [1.807, 2.05) is 26.8 Å². The molecule has 1 aliphatic heterocycles. The van der Waals surface area contributed by atoms with E-state index in [1.165, 1.54) is 17.1 Å². The van der Waals surface area contributed by atoms with Crippen molar-refractivity contribution in [3.63, 3.8) is 0 Å². The van der Waals surface area contributed by atoms with Gasteiger partial charge in [0.05, 0.1) is 17.0 Å². The summed E-state index contributed by atoms with van der Waals surface area (Å²) in [6, 6.07) is 9.76. The van der Waals surface area contributed by atoms with E-state index < -0.39 is 0 Å². The van der Waals surface area contributed by atoms with Gasteiger partial charge in [-0.05, 0) is 54.3 Å². The monoisotopic (exact) mass is 370 g/mol. The second-order valence-electron chi connectivity index (χ2n) is 6.50. The molecule has 0 aromatic heterocycles. The van der Waals surface area contributed by atoms with Gasteiger partial charge in [-0.25, -0.2) is 0 Å². The van der Waals surface area contributed by atoms with Gasteiger partial charge in [0.2, 0.25) is 0 Å². The lowest BCUT2D eigenvalue weighted by molar-refractivity contribution is -0.114. The molecule has 0 aliphatic carbocycles. The standard InChI is InChI=1S/C20H19ClN2O3/c1-11(2)19-15(8-13-5-7-17(24)18(25)9-13)20(26)23(22-19)14-6-4-12(3)16(21)10-14/h4-11,24-25H,1-3H3. The smallest absolute Gasteiger partial charge is 0.280 e. The van der Waals surface area contributed by atoms with Gasteiger partial charge in [0, 0.05) is 5.02 Å². The van der Waals surface area contributed by atoms with Crippen molar-refractivity contribution in [3.05, 3.63) is 58.1 Å². The number of rotatable bonds is 3. The van der Waals surface area contributed by atoms with Crippen LogP contribution in [0.4, 0.5) is 5.69 Å². The third-order valence-electron chi connectivity index (χ3n) is 4.16. The molecule has 3 rings (SSSR count). The fraction of sp³-hybridized carbons (Fsp3) is 0.200. The minimum absolute atomic E-state index is 0.0295. The van der Waals surface area contributed by atoms with E-state index >= 15 is 0 Å². The van der Waals surface area contributed by atoms with Gasteiger partial charge in [-0.1, -0.05) is 37.6 Å². The third-order valence-corrected chi connectivity index (χ3v) is 4.57. The molecule has 5 nitrogen and oxygen atoms in total. The van der Waals surface area contributed by atoms with Gasteiger partial charge in [-0.2, -0.15) is 10.1 Å². The molecule has 134 valence electrons. The Morgan fingerprint density at radius 2 is 1.85 bits per heavy atom. The highest BCUT2D eigenvalue weighted by molar-refractivity contribution is 6.34. The van der Waals surface area contributed by atoms with Crippen molar-refractivity contribution in [2.24, 2.45) is 11.0 Å². The minimum atomic E-state index is -0.263. The van der Waals surface area contributed by atoms with Crippen molar-refractivity contribution in [1.82, 2.24) is 0 Å². The van der Waals surface area contributed by atoms with Crippen LogP contribution in [0.1, 0.15) is 25.0 Å². The number of hydrogen-bond donors (Lipinski definition) is 2. The van der Waals surface area contributed by atoms with E-state index in [9.17, 15) is 15.0 Å². The minimum Gasteiger partial charge on any atom is -0.504 e. The molecule has 26 heavy (non-hydrogen) atoms. The van der Waals surface area contributed by atoms with Gasteiger partial charge in [0.15, 0.2) is 11.5 Å². The van der Waals surface area contributed by atoms with Crippen molar-refractivity contribution in [1.29, 1.82) is 0 Å². The number of anilines is 1. The van der Waals surface area contributed by atoms with E-state index in [-0.39, 0.29) is 23.3 Å². The fourth-order valence-electron chi connectivity index (χ4n) is 2.68. The molecule has 0 atom stereocenters. The Hall–Kier alpha value is -2.79. The molecule has 0 unspecified atom stereocenters. The molecule has 1 heterocycles. The van der Waals surface area contributed by atoms with E-state index in [0.29, 0.717) is 27.6 Å². The highest BCUT2D eigenvalue weighted by Crippen LogP contribution is 2.31. The van der Waals surface area contributed by atoms with Crippen LogP contribution in [0.3, 0.4) is 0 Å². The molecule has 0 fully saturated rings. The molecule has 0 radical (unpaired) electrons. The van der Waals surface area contributed by atoms with Crippen LogP contribution in [0.15, 0.2) is 47.1 Å². The number of carbonyl (C=O) groups excluding carboxylic acids is 1. The molecular formula is C20H19ClN2O3. The number of phenols is 2. The first-order chi connectivity index (χ1) is 12.3. The number of benzene rings is 2. The van der Waals surface area contributed by atoms with Crippen LogP contribution in [-0.2, 0) is 4.79 Å². The number of carbonyl (C=O) groups is 1. The molecule has 0 spiro atoms. The summed E-state index contributed by atoms with van der Waals surface area (Å²) in [6.45, 7) is 5.81. The van der Waals surface area contributed by atoms with Crippen molar-refractivity contribution in [3.8, 4) is 11.5 Å². The Kier molecular flexibility index (Phi) is 4.74. The summed E-state index contributed by atoms with van der Waals surface area (Å²) in [5.74, 6) is -0.684. The number of phenolic OH excluding ortho intramolecular Hbond substituents is 2. The molecule has 2 aromatic carbocycles. The molecule has 2 aromatic rings. The maximum absolute atomic E-state index is 13.0. The zero-order chi connectivity index (χ0) is 19.0. The van der Waals surface area contributed by atoms with Crippen LogP contribution < -0.4 is 5.01 Å². The lowest BCUT2D eigenvalue weighted by Crippen LogP contribution is -2.21. The lowest BCUT2D eigenvalue weighted by atomic mass is 9.98. The van der Waals surface area contributed by atoms with E-state index in [2.05, 4.69) is 5.10 Å². The quantitative estimate of drug-likeness (QED) is 0.617. The summed E-state index contributed by atoms with van der Waals surface area (Å²) in [4.78, 5) is 13.0. The number of hydrazone groups is 1. The first kappa shape index (κ1) is 18.0. The van der Waals surface area contributed by atoms with Gasteiger partial charge in [-0.3, -0.25) is 4.79 Å². The third kappa shape index (κ3) is 3.30. The summed E-state index contributed by atoms with van der Waals surface area (Å²) in [5, 5.41) is 25.5. The summed E-state index contributed by atoms with van der Waals surface area (Å²) in [7, 11) is 0. The zero-order valence-electron chi connectivity index (χ0n) is 14.7. The fourth-order valence-corrected chi connectivity index (χ4v) is 2.85. The van der Waals surface area contributed by atoms with Crippen LogP contribution in [0.2, 0.25) is 5.02 Å². The SMILES string of the molecule is Cc1ccc(N2N=C(C(C)C)C(=Cc3ccc(O)c(O)c3)C2=O)cc1Cl. The van der Waals surface area contributed by atoms with Crippen molar-refractivity contribution >= 4 is 35.0 Å². The number of amides is 1. The summed E-state index contributed by atoms with van der Waals surface area (Å²) < 4.78 is 0. The molecule has 0 bridgehead atoms. The van der Waals surface area contributed by atoms with Gasteiger partial charge >= 0.3 is 0 Å². The van der Waals surface area contributed by atoms with Crippen LogP contribution in [0, 0.1) is 12.8 Å². The highest BCUT2D eigenvalue weighted by atomic mass is 35.5. The molecule has 0 saturated heterocycles. The summed E-state index contributed by atoms with van der Waals surface area (Å²) in [6.07, 6.45) is 1.66. The van der Waals surface area contributed by atoms with E-state index in [0.717, 1.165) is 5.56 Å². The number of hydrogen-bond acceptors (Lipinski definition) is 4. The number of halogens is 1. The predicted octanol–water partition coefficient (Wildman–Crippen LogP) is 4.50. The molecule has 2 N–H and O–H groups in total. The van der Waals surface area contributed by atoms with Gasteiger partial charge in [-0.15, -0.1) is 0 Å². The Morgan fingerprint density at radius 1 is 1.12 bits per heavy atom. The number of nitrogens with zero attached hydrogens (tertiary/aromatic N) is 2. The highest BCUT2D eigenvalue weighted by Gasteiger charge is 2.32. The van der Waals surface area contributed by atoms with Crippen molar-refractivity contribution in [2.75, 3.05) is 5.01 Å². The van der Waals surface area contributed by atoms with Crippen molar-refractivity contribution in [2.45, 2.75) is 20.8 Å². The predicted molar refractivity (Wildman–Crippen MR) is 104 cm³/mol. The Bertz CT molecular complexity index is 948. The van der Waals surface area contributed by atoms with Crippen LogP contribution in [-0.4, -0.2) is 21.8 Å². The molecule has 1 amide bonds. The average molecular weight is 371 g/mol. The lowest BCUT2D eigenvalue weighted by Gasteiger charge is -2.12.